The van der Waals surface area contributed by atoms with Crippen molar-refractivity contribution in [2.24, 2.45) is 0 Å². The Balaban J connectivity index is 1.99. The van der Waals surface area contributed by atoms with E-state index in [2.05, 4.69) is 4.98 Å². The van der Waals surface area contributed by atoms with Crippen LogP contribution in [-0.2, 0) is 11.3 Å². The number of nitriles is 1. The van der Waals surface area contributed by atoms with Gasteiger partial charge in [-0.2, -0.15) is 5.26 Å². The monoisotopic (exact) mass is 404 g/mol. The van der Waals surface area contributed by atoms with Crippen molar-refractivity contribution in [1.82, 2.24) is 4.98 Å². The van der Waals surface area contributed by atoms with Crippen LogP contribution in [0, 0.1) is 18.3 Å². The lowest BCUT2D eigenvalue weighted by Gasteiger charge is -2.14. The lowest BCUT2D eigenvalue weighted by Crippen LogP contribution is -2.13. The average molecular weight is 404 g/mol. The number of methoxy groups -OCH3 is 2. The number of esters is 1. The van der Waals surface area contributed by atoms with Gasteiger partial charge in [-0.15, -0.1) is 0 Å². The number of nitrogens with zero attached hydrogens (tertiary/aromatic N) is 1. The zero-order valence-corrected chi connectivity index (χ0v) is 16.8. The number of aromatic amines is 1. The maximum atomic E-state index is 12.1. The van der Waals surface area contributed by atoms with Gasteiger partial charge < -0.3 is 19.2 Å². The quantitative estimate of drug-likeness (QED) is 0.630. The van der Waals surface area contributed by atoms with Gasteiger partial charge in [0.05, 0.1) is 14.2 Å². The number of pyridine rings is 1. The topological polar surface area (TPSA) is 101 Å². The molecular formula is C23H20N2O5. The van der Waals surface area contributed by atoms with Crippen molar-refractivity contribution in [2.75, 3.05) is 14.2 Å². The van der Waals surface area contributed by atoms with Crippen molar-refractivity contribution in [3.05, 3.63) is 81.3 Å². The smallest absolute Gasteiger partial charge is 0.341 e. The van der Waals surface area contributed by atoms with E-state index in [-0.39, 0.29) is 12.2 Å². The molecule has 2 aromatic carbocycles. The molecule has 0 radical (unpaired) electrons. The van der Waals surface area contributed by atoms with Gasteiger partial charge in [-0.25, -0.2) is 4.79 Å². The van der Waals surface area contributed by atoms with Crippen molar-refractivity contribution < 1.29 is 19.0 Å². The van der Waals surface area contributed by atoms with E-state index < -0.39 is 11.5 Å². The molecule has 30 heavy (non-hydrogen) atoms. The summed E-state index contributed by atoms with van der Waals surface area (Å²) in [5.41, 5.74) is 2.46. The molecule has 0 amide bonds. The SMILES string of the molecule is COC(=O)c1ccccc1OCc1cc(-c2cc(C)[nH]c(=O)c2C#N)ccc1OC. The fourth-order valence-corrected chi connectivity index (χ4v) is 3.11. The van der Waals surface area contributed by atoms with Crippen LogP contribution in [0.1, 0.15) is 27.2 Å². The highest BCUT2D eigenvalue weighted by Crippen LogP contribution is 2.30. The predicted octanol–water partition coefficient (Wildman–Crippen LogP) is 3.60. The van der Waals surface area contributed by atoms with Crippen molar-refractivity contribution >= 4 is 5.97 Å². The summed E-state index contributed by atoms with van der Waals surface area (Å²) >= 11 is 0. The number of benzene rings is 2. The minimum Gasteiger partial charge on any atom is -0.496 e. The molecule has 0 fully saturated rings. The van der Waals surface area contributed by atoms with Gasteiger partial charge >= 0.3 is 5.97 Å². The first kappa shape index (κ1) is 20.7. The van der Waals surface area contributed by atoms with E-state index in [4.69, 9.17) is 14.2 Å². The van der Waals surface area contributed by atoms with Gasteiger partial charge in [-0.3, -0.25) is 4.79 Å². The second kappa shape index (κ2) is 8.97. The van der Waals surface area contributed by atoms with Gasteiger partial charge in [0.25, 0.3) is 5.56 Å². The zero-order chi connectivity index (χ0) is 21.7. The number of hydrogen-bond donors (Lipinski definition) is 1. The third-order valence-corrected chi connectivity index (χ3v) is 4.55. The van der Waals surface area contributed by atoms with Crippen LogP contribution in [0.2, 0.25) is 0 Å². The highest BCUT2D eigenvalue weighted by atomic mass is 16.5. The fourth-order valence-electron chi connectivity index (χ4n) is 3.11. The van der Waals surface area contributed by atoms with Crippen LogP contribution in [0.3, 0.4) is 0 Å². The average Bonchev–Trinajstić information content (AvgIpc) is 2.76. The van der Waals surface area contributed by atoms with Gasteiger partial charge in [0.1, 0.15) is 35.3 Å². The Morgan fingerprint density at radius 1 is 1.10 bits per heavy atom. The van der Waals surface area contributed by atoms with Gasteiger partial charge in [-0.05, 0) is 42.8 Å². The molecule has 0 saturated carbocycles. The van der Waals surface area contributed by atoms with E-state index in [0.717, 1.165) is 0 Å². The molecule has 152 valence electrons. The summed E-state index contributed by atoms with van der Waals surface area (Å²) in [6.07, 6.45) is 0. The molecule has 1 N–H and O–H groups in total. The number of aryl methyl sites for hydroxylation is 1. The van der Waals surface area contributed by atoms with Gasteiger partial charge in [0.15, 0.2) is 0 Å². The molecule has 0 aliphatic rings. The predicted molar refractivity (Wildman–Crippen MR) is 111 cm³/mol. The molecule has 1 aromatic heterocycles. The van der Waals surface area contributed by atoms with Crippen LogP contribution >= 0.6 is 0 Å². The summed E-state index contributed by atoms with van der Waals surface area (Å²) in [6, 6.07) is 15.8. The number of ether oxygens (including phenoxy) is 3. The van der Waals surface area contributed by atoms with Crippen LogP contribution in [0.5, 0.6) is 11.5 Å². The van der Waals surface area contributed by atoms with E-state index in [9.17, 15) is 14.9 Å². The summed E-state index contributed by atoms with van der Waals surface area (Å²) in [5.74, 6) is 0.458. The maximum Gasteiger partial charge on any atom is 0.341 e. The number of para-hydroxylation sites is 1. The third-order valence-electron chi connectivity index (χ3n) is 4.55. The van der Waals surface area contributed by atoms with Crippen LogP contribution in [-0.4, -0.2) is 25.2 Å². The third kappa shape index (κ3) is 4.18. The van der Waals surface area contributed by atoms with Crippen molar-refractivity contribution in [2.45, 2.75) is 13.5 Å². The van der Waals surface area contributed by atoms with E-state index in [0.29, 0.717) is 39.4 Å². The summed E-state index contributed by atoms with van der Waals surface area (Å²) < 4.78 is 16.1. The molecule has 0 spiro atoms. The number of hydrogen-bond acceptors (Lipinski definition) is 6. The molecule has 0 saturated heterocycles. The van der Waals surface area contributed by atoms with E-state index in [1.54, 1.807) is 62.6 Å². The van der Waals surface area contributed by atoms with Crippen molar-refractivity contribution in [3.8, 4) is 28.7 Å². The Labute approximate surface area is 173 Å². The van der Waals surface area contributed by atoms with Crippen molar-refractivity contribution in [1.29, 1.82) is 5.26 Å². The highest BCUT2D eigenvalue weighted by Gasteiger charge is 2.15. The Kier molecular flexibility index (Phi) is 6.18. The normalized spacial score (nSPS) is 10.2. The van der Waals surface area contributed by atoms with Gasteiger partial charge in [0, 0.05) is 16.8 Å². The number of rotatable bonds is 6. The Bertz CT molecular complexity index is 1190. The van der Waals surface area contributed by atoms with E-state index in [1.165, 1.54) is 7.11 Å². The number of H-pyrrole nitrogens is 1. The summed E-state index contributed by atoms with van der Waals surface area (Å²) in [4.78, 5) is 26.7. The largest absolute Gasteiger partial charge is 0.496 e. The van der Waals surface area contributed by atoms with Crippen LogP contribution in [0.25, 0.3) is 11.1 Å². The summed E-state index contributed by atoms with van der Waals surface area (Å²) in [5, 5.41) is 9.42. The van der Waals surface area contributed by atoms with Gasteiger partial charge in [0.2, 0.25) is 0 Å². The van der Waals surface area contributed by atoms with Crippen molar-refractivity contribution in [3.63, 3.8) is 0 Å². The maximum absolute atomic E-state index is 12.1. The first-order valence-corrected chi connectivity index (χ1v) is 9.10. The molecule has 7 nitrogen and oxygen atoms in total. The Morgan fingerprint density at radius 3 is 2.57 bits per heavy atom. The number of aromatic nitrogens is 1. The van der Waals surface area contributed by atoms with E-state index in [1.807, 2.05) is 6.07 Å². The fraction of sp³-hybridized carbons (Fsp3) is 0.174. The first-order valence-electron chi connectivity index (χ1n) is 9.10. The first-order chi connectivity index (χ1) is 14.5. The molecule has 0 bridgehead atoms. The lowest BCUT2D eigenvalue weighted by molar-refractivity contribution is 0.0595. The van der Waals surface area contributed by atoms with Crippen LogP contribution in [0.4, 0.5) is 0 Å². The summed E-state index contributed by atoms with van der Waals surface area (Å²) in [7, 11) is 2.85. The zero-order valence-electron chi connectivity index (χ0n) is 16.8. The molecule has 0 aliphatic heterocycles. The molecule has 3 rings (SSSR count). The molecule has 7 heteroatoms. The Hall–Kier alpha value is -4.05. The number of carbonyl (C=O) groups is 1. The molecule has 0 atom stereocenters. The standard InChI is InChI=1S/C23H20N2O5/c1-14-10-18(19(12-24)22(26)25-14)15-8-9-20(28-2)16(11-15)13-30-21-7-5-4-6-17(21)23(27)29-3/h4-11H,13H2,1-3H3,(H,25,26). The molecule has 0 aliphatic carbocycles. The van der Waals surface area contributed by atoms with Gasteiger partial charge in [-0.1, -0.05) is 18.2 Å². The minimum atomic E-state index is -0.496. The molecule has 1 heterocycles. The second-order valence-corrected chi connectivity index (χ2v) is 6.48. The minimum absolute atomic E-state index is 0.0358. The summed E-state index contributed by atoms with van der Waals surface area (Å²) in [6.45, 7) is 1.86. The lowest BCUT2D eigenvalue weighted by atomic mass is 9.99. The molecular weight excluding hydrogens is 384 g/mol. The number of carbonyl (C=O) groups excluding carboxylic acids is 1. The molecule has 3 aromatic rings. The highest BCUT2D eigenvalue weighted by molar-refractivity contribution is 5.92. The van der Waals surface area contributed by atoms with Crippen LogP contribution < -0.4 is 15.0 Å². The Morgan fingerprint density at radius 2 is 1.87 bits per heavy atom. The molecule has 0 unspecified atom stereocenters. The van der Waals surface area contributed by atoms with Crippen LogP contribution in [0.15, 0.2) is 53.3 Å². The number of nitrogens with one attached hydrogen (secondary N) is 1. The second-order valence-electron chi connectivity index (χ2n) is 6.48. The van der Waals surface area contributed by atoms with E-state index >= 15 is 0 Å².